The van der Waals surface area contributed by atoms with Gasteiger partial charge in [0.2, 0.25) is 0 Å². The van der Waals surface area contributed by atoms with Gasteiger partial charge in [0.25, 0.3) is 0 Å². The normalized spacial score (nSPS) is 10.5. The molecule has 0 spiro atoms. The van der Waals surface area contributed by atoms with Gasteiger partial charge in [0.1, 0.15) is 16.4 Å². The van der Waals surface area contributed by atoms with Gasteiger partial charge in [0.05, 0.1) is 6.61 Å². The molecular formula is C14H14ClNO3. The van der Waals surface area contributed by atoms with Crippen molar-refractivity contribution in [1.82, 2.24) is 4.98 Å². The standard InChI is InChI=1S/C14H14ClNO3/c1-3-18-13(17)8-19-11-6-4-5-10-9(2)7-12(15)16-14(10)11/h4-7H,3,8H2,1-2H3. The van der Waals surface area contributed by atoms with Crippen LogP contribution in [0.25, 0.3) is 10.9 Å². The first kappa shape index (κ1) is 13.6. The van der Waals surface area contributed by atoms with Crippen molar-refractivity contribution < 1.29 is 14.3 Å². The van der Waals surface area contributed by atoms with E-state index in [0.717, 1.165) is 10.9 Å². The number of hydrogen-bond acceptors (Lipinski definition) is 4. The van der Waals surface area contributed by atoms with Gasteiger partial charge < -0.3 is 9.47 Å². The van der Waals surface area contributed by atoms with Gasteiger partial charge in [-0.25, -0.2) is 9.78 Å². The number of rotatable bonds is 4. The van der Waals surface area contributed by atoms with E-state index in [9.17, 15) is 4.79 Å². The fourth-order valence-electron chi connectivity index (χ4n) is 1.81. The molecule has 0 unspecified atom stereocenters. The maximum Gasteiger partial charge on any atom is 0.344 e. The third kappa shape index (κ3) is 3.15. The Morgan fingerprint density at radius 2 is 2.21 bits per heavy atom. The summed E-state index contributed by atoms with van der Waals surface area (Å²) in [5.74, 6) is 0.120. The Morgan fingerprint density at radius 1 is 1.42 bits per heavy atom. The number of esters is 1. The van der Waals surface area contributed by atoms with Gasteiger partial charge in [-0.15, -0.1) is 0 Å². The van der Waals surface area contributed by atoms with E-state index in [-0.39, 0.29) is 6.61 Å². The minimum Gasteiger partial charge on any atom is -0.480 e. The highest BCUT2D eigenvalue weighted by Gasteiger charge is 2.09. The molecular weight excluding hydrogens is 266 g/mol. The van der Waals surface area contributed by atoms with Crippen molar-refractivity contribution in [3.8, 4) is 5.75 Å². The van der Waals surface area contributed by atoms with E-state index >= 15 is 0 Å². The van der Waals surface area contributed by atoms with Crippen LogP contribution >= 0.6 is 11.6 Å². The van der Waals surface area contributed by atoms with Crippen molar-refractivity contribution in [2.24, 2.45) is 0 Å². The van der Waals surface area contributed by atoms with Crippen molar-refractivity contribution in [2.45, 2.75) is 13.8 Å². The minimum absolute atomic E-state index is 0.139. The van der Waals surface area contributed by atoms with Crippen LogP contribution in [0.2, 0.25) is 5.15 Å². The van der Waals surface area contributed by atoms with Crippen LogP contribution in [0.4, 0.5) is 0 Å². The lowest BCUT2D eigenvalue weighted by Gasteiger charge is -2.09. The molecule has 0 amide bonds. The molecule has 4 nitrogen and oxygen atoms in total. The zero-order valence-electron chi connectivity index (χ0n) is 10.8. The number of carbonyl (C=O) groups excluding carboxylic acids is 1. The molecule has 2 rings (SSSR count). The van der Waals surface area contributed by atoms with E-state index in [1.165, 1.54) is 0 Å². The zero-order chi connectivity index (χ0) is 13.8. The quantitative estimate of drug-likeness (QED) is 0.637. The molecule has 0 N–H and O–H groups in total. The van der Waals surface area contributed by atoms with E-state index in [1.54, 1.807) is 19.1 Å². The number of fused-ring (bicyclic) bond motifs is 1. The first-order valence-corrected chi connectivity index (χ1v) is 6.34. The molecule has 1 heterocycles. The molecule has 0 radical (unpaired) electrons. The highest BCUT2D eigenvalue weighted by molar-refractivity contribution is 6.30. The van der Waals surface area contributed by atoms with Crippen molar-refractivity contribution in [3.63, 3.8) is 0 Å². The van der Waals surface area contributed by atoms with Gasteiger partial charge in [-0.05, 0) is 31.5 Å². The highest BCUT2D eigenvalue weighted by atomic mass is 35.5. The van der Waals surface area contributed by atoms with Crippen LogP contribution < -0.4 is 4.74 Å². The van der Waals surface area contributed by atoms with Crippen LogP contribution in [0.5, 0.6) is 5.75 Å². The first-order chi connectivity index (χ1) is 9.11. The fourth-order valence-corrected chi connectivity index (χ4v) is 2.06. The summed E-state index contributed by atoms with van der Waals surface area (Å²) in [6.07, 6.45) is 0. The molecule has 0 fully saturated rings. The van der Waals surface area contributed by atoms with Gasteiger partial charge in [0.15, 0.2) is 6.61 Å². The van der Waals surface area contributed by atoms with Crippen molar-refractivity contribution in [2.75, 3.05) is 13.2 Å². The number of aryl methyl sites for hydroxylation is 1. The molecule has 0 atom stereocenters. The second-order valence-electron chi connectivity index (χ2n) is 4.01. The van der Waals surface area contributed by atoms with Crippen molar-refractivity contribution in [3.05, 3.63) is 35.0 Å². The molecule has 5 heteroatoms. The van der Waals surface area contributed by atoms with Crippen LogP contribution in [0.3, 0.4) is 0 Å². The number of benzene rings is 1. The Morgan fingerprint density at radius 3 is 2.95 bits per heavy atom. The number of para-hydroxylation sites is 1. The van der Waals surface area contributed by atoms with E-state index in [4.69, 9.17) is 21.1 Å². The summed E-state index contributed by atoms with van der Waals surface area (Å²) in [5, 5.41) is 1.35. The van der Waals surface area contributed by atoms with Gasteiger partial charge in [-0.2, -0.15) is 0 Å². The summed E-state index contributed by atoms with van der Waals surface area (Å²) in [7, 11) is 0. The molecule has 0 aliphatic heterocycles. The summed E-state index contributed by atoms with van der Waals surface area (Å²) in [6.45, 7) is 3.90. The van der Waals surface area contributed by atoms with Crippen molar-refractivity contribution >= 4 is 28.5 Å². The number of ether oxygens (including phenoxy) is 2. The lowest BCUT2D eigenvalue weighted by Crippen LogP contribution is -2.14. The zero-order valence-corrected chi connectivity index (χ0v) is 11.5. The van der Waals surface area contributed by atoms with Gasteiger partial charge in [-0.3, -0.25) is 0 Å². The van der Waals surface area contributed by atoms with E-state index in [2.05, 4.69) is 4.98 Å². The monoisotopic (exact) mass is 279 g/mol. The second kappa shape index (κ2) is 5.89. The summed E-state index contributed by atoms with van der Waals surface area (Å²) in [5.41, 5.74) is 1.66. The average molecular weight is 280 g/mol. The van der Waals surface area contributed by atoms with Crippen LogP contribution in [0, 0.1) is 6.92 Å². The maximum absolute atomic E-state index is 11.3. The van der Waals surface area contributed by atoms with E-state index in [1.807, 2.05) is 19.1 Å². The lowest BCUT2D eigenvalue weighted by molar-refractivity contribution is -0.145. The highest BCUT2D eigenvalue weighted by Crippen LogP contribution is 2.28. The second-order valence-corrected chi connectivity index (χ2v) is 4.40. The molecule has 0 saturated carbocycles. The predicted octanol–water partition coefficient (Wildman–Crippen LogP) is 3.14. The molecule has 2 aromatic rings. The number of nitrogens with zero attached hydrogens (tertiary/aromatic N) is 1. The van der Waals surface area contributed by atoms with Gasteiger partial charge in [-0.1, -0.05) is 23.7 Å². The minimum atomic E-state index is -0.404. The Labute approximate surface area is 116 Å². The van der Waals surface area contributed by atoms with E-state index in [0.29, 0.717) is 23.0 Å². The molecule has 1 aromatic carbocycles. The average Bonchev–Trinajstić information content (AvgIpc) is 2.36. The smallest absolute Gasteiger partial charge is 0.344 e. The molecule has 0 saturated heterocycles. The third-order valence-electron chi connectivity index (χ3n) is 2.63. The summed E-state index contributed by atoms with van der Waals surface area (Å²) in [6, 6.07) is 7.33. The molecule has 0 aliphatic carbocycles. The fraction of sp³-hybridized carbons (Fsp3) is 0.286. The largest absolute Gasteiger partial charge is 0.480 e. The Hall–Kier alpha value is -1.81. The van der Waals surface area contributed by atoms with E-state index < -0.39 is 5.97 Å². The van der Waals surface area contributed by atoms with Crippen molar-refractivity contribution in [1.29, 1.82) is 0 Å². The van der Waals surface area contributed by atoms with Gasteiger partial charge >= 0.3 is 5.97 Å². The van der Waals surface area contributed by atoms with Crippen LogP contribution in [0.15, 0.2) is 24.3 Å². The molecule has 0 bridgehead atoms. The number of halogens is 1. The maximum atomic E-state index is 11.3. The number of carbonyl (C=O) groups is 1. The van der Waals surface area contributed by atoms with Crippen LogP contribution in [-0.2, 0) is 9.53 Å². The number of hydrogen-bond donors (Lipinski definition) is 0. The summed E-state index contributed by atoms with van der Waals surface area (Å²) in [4.78, 5) is 15.5. The third-order valence-corrected chi connectivity index (χ3v) is 2.82. The Kier molecular flexibility index (Phi) is 4.22. The topological polar surface area (TPSA) is 48.4 Å². The molecule has 100 valence electrons. The Bertz CT molecular complexity index is 613. The molecule has 1 aromatic heterocycles. The Balaban J connectivity index is 2.30. The van der Waals surface area contributed by atoms with Crippen LogP contribution in [0.1, 0.15) is 12.5 Å². The summed E-state index contributed by atoms with van der Waals surface area (Å²) < 4.78 is 10.3. The number of pyridine rings is 1. The van der Waals surface area contributed by atoms with Gasteiger partial charge in [0, 0.05) is 5.39 Å². The SMILES string of the molecule is CCOC(=O)COc1cccc2c(C)cc(Cl)nc12. The molecule has 0 aliphatic rings. The predicted molar refractivity (Wildman–Crippen MR) is 73.6 cm³/mol. The lowest BCUT2D eigenvalue weighted by atomic mass is 10.1. The summed E-state index contributed by atoms with van der Waals surface area (Å²) >= 11 is 5.95. The first-order valence-electron chi connectivity index (χ1n) is 5.96. The van der Waals surface area contributed by atoms with Crippen LogP contribution in [-0.4, -0.2) is 24.2 Å². The number of aromatic nitrogens is 1. The molecule has 19 heavy (non-hydrogen) atoms.